The van der Waals surface area contributed by atoms with Gasteiger partial charge in [-0.25, -0.2) is 0 Å². The number of primary amides is 1. The summed E-state index contributed by atoms with van der Waals surface area (Å²) < 4.78 is 0. The van der Waals surface area contributed by atoms with Crippen molar-refractivity contribution in [2.75, 3.05) is 12.3 Å². The molecule has 1 rings (SSSR count). The highest BCUT2D eigenvalue weighted by Gasteiger charge is 2.31. The van der Waals surface area contributed by atoms with E-state index in [1.165, 1.54) is 6.92 Å². The molecule has 0 saturated carbocycles. The number of thiol groups is 1. The Bertz CT molecular complexity index is 1150. The minimum atomic E-state index is -1.68. The highest BCUT2D eigenvalue weighted by atomic mass is 32.1. The van der Waals surface area contributed by atoms with Gasteiger partial charge in [0.05, 0.1) is 25.4 Å². The number of hydrogen-bond donors (Lipinski definition) is 9. The van der Waals surface area contributed by atoms with Gasteiger partial charge in [-0.1, -0.05) is 30.3 Å². The van der Waals surface area contributed by atoms with E-state index in [1.807, 2.05) is 0 Å². The normalized spacial score (nSPS) is 14.1. The second-order valence-corrected chi connectivity index (χ2v) is 9.42. The molecule has 0 bridgehead atoms. The fourth-order valence-electron chi connectivity index (χ4n) is 3.36. The number of hydrogen-bond acceptors (Lipinski definition) is 10. The summed E-state index contributed by atoms with van der Waals surface area (Å²) in [5, 5.41) is 20.7. The molecule has 5 atom stereocenters. The Balaban J connectivity index is 3.00. The minimum Gasteiger partial charge on any atom is -0.481 e. The van der Waals surface area contributed by atoms with Crippen LogP contribution in [-0.4, -0.2) is 95.3 Å². The number of carboxylic acids is 1. The number of carboxylic acid groups (broad SMARTS) is 1. The summed E-state index contributed by atoms with van der Waals surface area (Å²) in [6.45, 7) is 0.805. The van der Waals surface area contributed by atoms with Crippen LogP contribution in [0.1, 0.15) is 25.3 Å². The number of carbonyl (C=O) groups is 7. The molecule has 229 valence electrons. The fourth-order valence-corrected chi connectivity index (χ4v) is 3.53. The molecule has 0 fully saturated rings. The van der Waals surface area contributed by atoms with E-state index in [1.54, 1.807) is 36.6 Å². The van der Waals surface area contributed by atoms with E-state index in [4.69, 9.17) is 11.5 Å². The SMILES string of the molecule is C[C@H](NC(=O)[C@H](Cc1ccccc1)NC(=O)[C@H](CC(=O)O)NC(=O)[C@@H](N)CC(N)=O)C(=O)NCC(=O)N[C@H]([C]=O)CS. The Morgan fingerprint density at radius 1 is 0.881 bits per heavy atom. The molecular formula is C25H34N7O9S. The van der Waals surface area contributed by atoms with E-state index in [0.717, 1.165) is 0 Å². The molecular weight excluding hydrogens is 574 g/mol. The van der Waals surface area contributed by atoms with Crippen molar-refractivity contribution in [3.63, 3.8) is 0 Å². The fraction of sp³-hybridized carbons (Fsp3) is 0.440. The Morgan fingerprint density at radius 2 is 1.48 bits per heavy atom. The molecule has 1 radical (unpaired) electrons. The van der Waals surface area contributed by atoms with Crippen molar-refractivity contribution in [3.8, 4) is 0 Å². The van der Waals surface area contributed by atoms with E-state index in [9.17, 15) is 43.5 Å². The van der Waals surface area contributed by atoms with Crippen molar-refractivity contribution in [1.82, 2.24) is 26.6 Å². The predicted molar refractivity (Wildman–Crippen MR) is 150 cm³/mol. The summed E-state index contributed by atoms with van der Waals surface area (Å²) in [6.07, 6.45) is 0.0455. The van der Waals surface area contributed by atoms with Crippen LogP contribution in [0.5, 0.6) is 0 Å². The first kappa shape index (κ1) is 35.5. The Morgan fingerprint density at radius 3 is 2.02 bits per heavy atom. The van der Waals surface area contributed by atoms with Crippen LogP contribution < -0.4 is 38.1 Å². The maximum absolute atomic E-state index is 13.1. The summed E-state index contributed by atoms with van der Waals surface area (Å²) in [5.74, 6) is -6.70. The zero-order valence-corrected chi connectivity index (χ0v) is 23.5. The summed E-state index contributed by atoms with van der Waals surface area (Å²) in [7, 11) is 0. The third-order valence-electron chi connectivity index (χ3n) is 5.52. The maximum Gasteiger partial charge on any atom is 0.305 e. The van der Waals surface area contributed by atoms with E-state index in [0.29, 0.717) is 5.56 Å². The first-order valence-electron chi connectivity index (χ1n) is 12.5. The summed E-state index contributed by atoms with van der Waals surface area (Å²) in [5.41, 5.74) is 11.2. The molecule has 0 aliphatic carbocycles. The summed E-state index contributed by atoms with van der Waals surface area (Å²) in [4.78, 5) is 96.0. The number of nitrogens with one attached hydrogen (secondary N) is 5. The third kappa shape index (κ3) is 13.2. The summed E-state index contributed by atoms with van der Waals surface area (Å²) >= 11 is 3.88. The second kappa shape index (κ2) is 18.0. The zero-order chi connectivity index (χ0) is 31.8. The largest absolute Gasteiger partial charge is 0.481 e. The number of benzene rings is 1. The van der Waals surface area contributed by atoms with Gasteiger partial charge in [0.1, 0.15) is 24.2 Å². The van der Waals surface area contributed by atoms with E-state index in [-0.39, 0.29) is 12.2 Å². The van der Waals surface area contributed by atoms with Gasteiger partial charge in [-0.15, -0.1) is 0 Å². The van der Waals surface area contributed by atoms with Crippen LogP contribution in [0.3, 0.4) is 0 Å². The summed E-state index contributed by atoms with van der Waals surface area (Å²) in [6, 6.07) is 1.78. The van der Waals surface area contributed by atoms with Crippen molar-refractivity contribution < 1.29 is 43.5 Å². The van der Waals surface area contributed by atoms with Crippen LogP contribution in [-0.2, 0) is 44.8 Å². The lowest BCUT2D eigenvalue weighted by atomic mass is 10.0. The smallest absolute Gasteiger partial charge is 0.305 e. The van der Waals surface area contributed by atoms with Crippen molar-refractivity contribution in [3.05, 3.63) is 35.9 Å². The van der Waals surface area contributed by atoms with Gasteiger partial charge in [-0.2, -0.15) is 12.6 Å². The van der Waals surface area contributed by atoms with Crippen LogP contribution in [0.25, 0.3) is 0 Å². The number of aliphatic carboxylic acids is 1. The lowest BCUT2D eigenvalue weighted by Gasteiger charge is -2.24. The quantitative estimate of drug-likeness (QED) is 0.0729. The highest BCUT2D eigenvalue weighted by molar-refractivity contribution is 7.80. The van der Waals surface area contributed by atoms with Crippen molar-refractivity contribution in [2.45, 2.75) is 56.4 Å². The standard InChI is InChI=1S/C25H34N7O9S/c1-13(22(38)28-10-20(35)30-15(11-33)12-42)29-24(40)17(7-14-5-3-2-4-6-14)32-25(41)18(9-21(36)37)31-23(39)16(26)8-19(27)34/h2-6,13,15-18,42H,7-10,12,26H2,1H3,(H2,27,34)(H,28,38)(H,29,40)(H,30,35)(H,31,39)(H,32,41)(H,36,37)/t13-,15+,16-,17-,18-/m0/s1. The van der Waals surface area contributed by atoms with Crippen LogP contribution in [0, 0.1) is 0 Å². The average molecular weight is 609 g/mol. The van der Waals surface area contributed by atoms with Gasteiger partial charge in [0.25, 0.3) is 0 Å². The Labute approximate surface area is 246 Å². The first-order valence-corrected chi connectivity index (χ1v) is 13.2. The first-order chi connectivity index (χ1) is 19.8. The van der Waals surface area contributed by atoms with Crippen molar-refractivity contribution >= 4 is 60.3 Å². The van der Waals surface area contributed by atoms with Gasteiger partial charge in [-0.05, 0) is 12.5 Å². The molecule has 0 saturated heterocycles. The predicted octanol–water partition coefficient (Wildman–Crippen LogP) is -3.98. The van der Waals surface area contributed by atoms with Gasteiger partial charge in [0, 0.05) is 12.2 Å². The topological polar surface area (TPSA) is 269 Å². The molecule has 0 unspecified atom stereocenters. The van der Waals surface area contributed by atoms with Gasteiger partial charge < -0.3 is 43.2 Å². The van der Waals surface area contributed by atoms with Crippen LogP contribution in [0.4, 0.5) is 0 Å². The second-order valence-electron chi connectivity index (χ2n) is 9.06. The number of carbonyl (C=O) groups excluding carboxylic acids is 7. The number of nitrogens with two attached hydrogens (primary N) is 2. The van der Waals surface area contributed by atoms with Crippen LogP contribution in [0.15, 0.2) is 30.3 Å². The van der Waals surface area contributed by atoms with Crippen LogP contribution >= 0.6 is 12.6 Å². The molecule has 17 heteroatoms. The maximum atomic E-state index is 13.1. The third-order valence-corrected chi connectivity index (χ3v) is 5.89. The van der Waals surface area contributed by atoms with Gasteiger partial charge >= 0.3 is 5.97 Å². The molecule has 1 aromatic rings. The minimum absolute atomic E-state index is 0.00134. The lowest BCUT2D eigenvalue weighted by molar-refractivity contribution is -0.141. The Kier molecular flexibility index (Phi) is 15.2. The van der Waals surface area contributed by atoms with Gasteiger partial charge in [0.2, 0.25) is 41.7 Å². The average Bonchev–Trinajstić information content (AvgIpc) is 2.93. The molecule has 16 nitrogen and oxygen atoms in total. The molecule has 1 aromatic carbocycles. The lowest BCUT2D eigenvalue weighted by Crippen LogP contribution is -2.58. The monoisotopic (exact) mass is 608 g/mol. The van der Waals surface area contributed by atoms with Crippen molar-refractivity contribution in [1.29, 1.82) is 0 Å². The Hall–Kier alpha value is -4.51. The molecule has 42 heavy (non-hydrogen) atoms. The molecule has 0 aliphatic rings. The molecule has 0 spiro atoms. The molecule has 10 N–H and O–H groups in total. The van der Waals surface area contributed by atoms with Crippen molar-refractivity contribution in [2.24, 2.45) is 11.5 Å². The van der Waals surface area contributed by atoms with E-state index in [2.05, 4.69) is 39.2 Å². The molecule has 0 heterocycles. The molecule has 6 amide bonds. The molecule has 0 aliphatic heterocycles. The van der Waals surface area contributed by atoms with Gasteiger partial charge in [0.15, 0.2) is 0 Å². The molecule has 0 aromatic heterocycles. The number of rotatable bonds is 18. The van der Waals surface area contributed by atoms with Gasteiger partial charge in [-0.3, -0.25) is 38.4 Å². The highest BCUT2D eigenvalue weighted by Crippen LogP contribution is 2.06. The zero-order valence-electron chi connectivity index (χ0n) is 22.6. The van der Waals surface area contributed by atoms with E-state index < -0.39 is 91.0 Å². The van der Waals surface area contributed by atoms with Crippen LogP contribution in [0.2, 0.25) is 0 Å². The van der Waals surface area contributed by atoms with E-state index >= 15 is 0 Å². The number of amides is 6.